The van der Waals surface area contributed by atoms with Crippen LogP contribution >= 0.6 is 11.8 Å². The van der Waals surface area contributed by atoms with Gasteiger partial charge < -0.3 is 9.47 Å². The minimum atomic E-state index is -0.475. The van der Waals surface area contributed by atoms with E-state index in [9.17, 15) is 9.59 Å². The number of rotatable bonds is 5. The summed E-state index contributed by atoms with van der Waals surface area (Å²) in [4.78, 5) is 31.8. The second kappa shape index (κ2) is 9.91. The van der Waals surface area contributed by atoms with E-state index >= 15 is 0 Å². The van der Waals surface area contributed by atoms with Gasteiger partial charge in [0, 0.05) is 42.3 Å². The maximum Gasteiger partial charge on any atom is 0.283 e. The van der Waals surface area contributed by atoms with Crippen LogP contribution in [0, 0.1) is 5.41 Å². The summed E-state index contributed by atoms with van der Waals surface area (Å²) < 4.78 is 2.18. The van der Waals surface area contributed by atoms with Crippen molar-refractivity contribution in [3.8, 4) is 0 Å². The largest absolute Gasteiger partial charge is 0.342 e. The predicted molar refractivity (Wildman–Crippen MR) is 160 cm³/mol. The number of hydrazone groups is 1. The summed E-state index contributed by atoms with van der Waals surface area (Å²) in [5.41, 5.74) is 3.25. The average molecular weight is 547 g/mol. The highest BCUT2D eigenvalue weighted by atomic mass is 32.2. The third-order valence-corrected chi connectivity index (χ3v) is 8.51. The number of nitrogens with zero attached hydrogens (tertiary/aromatic N) is 5. The highest BCUT2D eigenvalue weighted by molar-refractivity contribution is 8.27. The maximum absolute atomic E-state index is 13.1. The van der Waals surface area contributed by atoms with E-state index in [1.165, 1.54) is 33.1 Å². The van der Waals surface area contributed by atoms with Gasteiger partial charge in [-0.3, -0.25) is 15.0 Å². The summed E-state index contributed by atoms with van der Waals surface area (Å²) >= 11 is 1.19. The Kier molecular flexibility index (Phi) is 6.08. The van der Waals surface area contributed by atoms with Crippen LogP contribution in [-0.2, 0) is 16.1 Å². The minimum Gasteiger partial charge on any atom is -0.342 e. The van der Waals surface area contributed by atoms with Crippen LogP contribution in [0.5, 0.6) is 0 Å². The van der Waals surface area contributed by atoms with Crippen molar-refractivity contribution in [2.24, 2.45) is 10.1 Å². The van der Waals surface area contributed by atoms with Crippen LogP contribution < -0.4 is 0 Å². The van der Waals surface area contributed by atoms with Crippen molar-refractivity contribution in [1.29, 1.82) is 5.41 Å². The lowest BCUT2D eigenvalue weighted by Crippen LogP contribution is -2.35. The monoisotopic (exact) mass is 546 g/mol. The molecule has 1 saturated heterocycles. The summed E-state index contributed by atoms with van der Waals surface area (Å²) in [6, 6.07) is 22.8. The quantitative estimate of drug-likeness (QED) is 0.336. The standard InChI is InChI=1S/C31H26N6O2S/c32-29-25(30(39)33-31-37(29)34-27(40-31)17-28(38)35-14-5-6-15-35)16-22-19-36(26-13-4-3-12-24(22)26)18-21-10-7-9-20-8-1-2-11-23(20)21/h1-4,7-13,16,19,32H,5-6,14-15,17-18H2. The van der Waals surface area contributed by atoms with E-state index in [4.69, 9.17) is 5.41 Å². The smallest absolute Gasteiger partial charge is 0.283 e. The van der Waals surface area contributed by atoms with Crippen LogP contribution in [0.25, 0.3) is 27.8 Å². The van der Waals surface area contributed by atoms with E-state index in [0.29, 0.717) is 16.8 Å². The van der Waals surface area contributed by atoms with Gasteiger partial charge in [0.15, 0.2) is 5.84 Å². The first-order chi connectivity index (χ1) is 19.5. The Balaban J connectivity index is 1.20. The number of hydrogen-bond acceptors (Lipinski definition) is 5. The molecular formula is C31H26N6O2S. The Morgan fingerprint density at radius 2 is 1.73 bits per heavy atom. The topological polar surface area (TPSA) is 94.1 Å². The fourth-order valence-corrected chi connectivity index (χ4v) is 6.48. The third-order valence-electron chi connectivity index (χ3n) is 7.60. The van der Waals surface area contributed by atoms with E-state index < -0.39 is 5.91 Å². The van der Waals surface area contributed by atoms with Gasteiger partial charge in [-0.05, 0) is 53.1 Å². The van der Waals surface area contributed by atoms with Crippen molar-refractivity contribution in [2.75, 3.05) is 13.1 Å². The molecule has 0 atom stereocenters. The number of carbonyl (C=O) groups is 2. The van der Waals surface area contributed by atoms with Gasteiger partial charge in [0.25, 0.3) is 5.91 Å². The number of amidine groups is 2. The Bertz CT molecular complexity index is 1810. The molecule has 3 aromatic carbocycles. The summed E-state index contributed by atoms with van der Waals surface area (Å²) in [6.07, 6.45) is 5.97. The molecule has 0 radical (unpaired) electrons. The van der Waals surface area contributed by atoms with Gasteiger partial charge in [0.1, 0.15) is 5.04 Å². The van der Waals surface area contributed by atoms with Crippen LogP contribution in [0.3, 0.4) is 0 Å². The average Bonchev–Trinajstić information content (AvgIpc) is 3.71. The molecule has 9 heteroatoms. The molecule has 4 heterocycles. The zero-order valence-electron chi connectivity index (χ0n) is 21.7. The summed E-state index contributed by atoms with van der Waals surface area (Å²) in [7, 11) is 0. The Labute approximate surface area is 235 Å². The van der Waals surface area contributed by atoms with E-state index in [1.807, 2.05) is 35.4 Å². The molecule has 2 amide bonds. The number of amides is 2. The molecule has 1 aromatic heterocycles. The fourth-order valence-electron chi connectivity index (χ4n) is 5.60. The first-order valence-electron chi connectivity index (χ1n) is 13.4. The summed E-state index contributed by atoms with van der Waals surface area (Å²) in [5, 5.41) is 19.0. The van der Waals surface area contributed by atoms with Crippen LogP contribution in [0.2, 0.25) is 0 Å². The molecule has 198 valence electrons. The molecule has 7 rings (SSSR count). The van der Waals surface area contributed by atoms with Crippen molar-refractivity contribution in [3.63, 3.8) is 0 Å². The van der Waals surface area contributed by atoms with Crippen molar-refractivity contribution < 1.29 is 9.59 Å². The highest BCUT2D eigenvalue weighted by Gasteiger charge is 2.36. The number of para-hydroxylation sites is 1. The fraction of sp³-hybridized carbons (Fsp3) is 0.194. The SMILES string of the molecule is N=C1C(=Cc2cn(Cc3cccc4ccccc34)c3ccccc23)C(=O)N=C2SC(CC(=O)N3CCCC3)=NN12. The zero-order valence-corrected chi connectivity index (χ0v) is 22.5. The zero-order chi connectivity index (χ0) is 27.2. The second-order valence-corrected chi connectivity index (χ2v) is 11.2. The van der Waals surface area contributed by atoms with Crippen molar-refractivity contribution in [1.82, 2.24) is 14.5 Å². The van der Waals surface area contributed by atoms with E-state index in [1.54, 1.807) is 6.08 Å². The summed E-state index contributed by atoms with van der Waals surface area (Å²) in [5.74, 6) is -0.481. The molecule has 1 N–H and O–H groups in total. The van der Waals surface area contributed by atoms with Crippen molar-refractivity contribution in [2.45, 2.75) is 25.8 Å². The number of likely N-dealkylation sites (tertiary alicyclic amines) is 1. The number of carbonyl (C=O) groups excluding carboxylic acids is 2. The van der Waals surface area contributed by atoms with Gasteiger partial charge in [-0.1, -0.05) is 60.7 Å². The molecule has 40 heavy (non-hydrogen) atoms. The molecule has 8 nitrogen and oxygen atoms in total. The molecule has 4 aromatic rings. The summed E-state index contributed by atoms with van der Waals surface area (Å²) in [6.45, 7) is 2.22. The van der Waals surface area contributed by atoms with E-state index in [-0.39, 0.29) is 23.7 Å². The Hall–Kier alpha value is -4.50. The molecule has 0 saturated carbocycles. The van der Waals surface area contributed by atoms with Gasteiger partial charge >= 0.3 is 0 Å². The van der Waals surface area contributed by atoms with Gasteiger partial charge in [0.2, 0.25) is 11.1 Å². The molecule has 0 bridgehead atoms. The third kappa shape index (κ3) is 4.32. The number of benzene rings is 3. The molecule has 0 spiro atoms. The number of aliphatic imine (C=N–C) groups is 1. The minimum absolute atomic E-state index is 0.0248. The van der Waals surface area contributed by atoms with Gasteiger partial charge in [0.05, 0.1) is 12.0 Å². The number of fused-ring (bicyclic) bond motifs is 3. The molecule has 3 aliphatic rings. The van der Waals surface area contributed by atoms with Crippen LogP contribution in [0.1, 0.15) is 30.4 Å². The Morgan fingerprint density at radius 1 is 0.975 bits per heavy atom. The van der Waals surface area contributed by atoms with Crippen LogP contribution in [-0.4, -0.2) is 55.4 Å². The van der Waals surface area contributed by atoms with Crippen molar-refractivity contribution >= 4 is 67.4 Å². The highest BCUT2D eigenvalue weighted by Crippen LogP contribution is 2.32. The first kappa shape index (κ1) is 24.5. The molecule has 0 aliphatic carbocycles. The van der Waals surface area contributed by atoms with Crippen molar-refractivity contribution in [3.05, 3.63) is 89.6 Å². The lowest BCUT2D eigenvalue weighted by atomic mass is 10.0. The van der Waals surface area contributed by atoms with Gasteiger partial charge in [-0.25, -0.2) is 0 Å². The second-order valence-electron chi connectivity index (χ2n) is 10.1. The number of thioether (sulfide) groups is 1. The van der Waals surface area contributed by atoms with E-state index in [2.05, 4.69) is 57.1 Å². The number of aromatic nitrogens is 1. The van der Waals surface area contributed by atoms with Crippen LogP contribution in [0.15, 0.2) is 88.6 Å². The predicted octanol–water partition coefficient (Wildman–Crippen LogP) is 5.47. The molecule has 3 aliphatic heterocycles. The number of nitrogens with one attached hydrogen (secondary N) is 1. The lowest BCUT2D eigenvalue weighted by molar-refractivity contribution is -0.128. The normalized spacial score (nSPS) is 18.1. The van der Waals surface area contributed by atoms with Gasteiger partial charge in [-0.2, -0.15) is 15.1 Å². The van der Waals surface area contributed by atoms with Gasteiger partial charge in [-0.15, -0.1) is 0 Å². The first-order valence-corrected chi connectivity index (χ1v) is 14.2. The Morgan fingerprint density at radius 3 is 2.58 bits per heavy atom. The van der Waals surface area contributed by atoms with Crippen LogP contribution in [0.4, 0.5) is 0 Å². The molecular weight excluding hydrogens is 520 g/mol. The maximum atomic E-state index is 13.1. The molecule has 1 fully saturated rings. The molecule has 0 unspecified atom stereocenters. The van der Waals surface area contributed by atoms with E-state index in [0.717, 1.165) is 42.4 Å². The number of hydrogen-bond donors (Lipinski definition) is 1. The lowest BCUT2D eigenvalue weighted by Gasteiger charge is -2.20.